The van der Waals surface area contributed by atoms with Gasteiger partial charge in [-0.1, -0.05) is 0 Å². The molecule has 0 saturated carbocycles. The van der Waals surface area contributed by atoms with E-state index in [0.717, 1.165) is 11.3 Å². The standard InChI is InChI=1S/C17H11FN4OS/c1-10(23)13-9-24-16(20-13)15-14(11-3-5-12(18)6-4-11)21-17-19-7-2-8-22(15)17/h2-9H,1H3. The van der Waals surface area contributed by atoms with Crippen molar-refractivity contribution >= 4 is 22.9 Å². The number of thiazole rings is 1. The largest absolute Gasteiger partial charge is 0.293 e. The number of fused-ring (bicyclic) bond motifs is 1. The van der Waals surface area contributed by atoms with Gasteiger partial charge >= 0.3 is 0 Å². The third kappa shape index (κ3) is 2.39. The molecule has 0 saturated heterocycles. The molecule has 4 rings (SSSR count). The second-order valence-electron chi connectivity index (χ2n) is 5.20. The van der Waals surface area contributed by atoms with Crippen LogP contribution in [0.15, 0.2) is 48.1 Å². The first kappa shape index (κ1) is 14.6. The van der Waals surface area contributed by atoms with Gasteiger partial charge in [0.15, 0.2) is 5.78 Å². The normalized spacial score (nSPS) is 11.1. The molecule has 0 spiro atoms. The lowest BCUT2D eigenvalue weighted by Crippen LogP contribution is -1.94. The van der Waals surface area contributed by atoms with Gasteiger partial charge in [0.25, 0.3) is 0 Å². The Labute approximate surface area is 140 Å². The van der Waals surface area contributed by atoms with Gasteiger partial charge < -0.3 is 0 Å². The summed E-state index contributed by atoms with van der Waals surface area (Å²) in [7, 11) is 0. The van der Waals surface area contributed by atoms with Crippen molar-refractivity contribution in [3.05, 3.63) is 59.6 Å². The van der Waals surface area contributed by atoms with E-state index in [1.807, 2.05) is 10.6 Å². The molecule has 1 aromatic carbocycles. The van der Waals surface area contributed by atoms with Gasteiger partial charge in [-0.15, -0.1) is 11.3 Å². The number of hydrogen-bond acceptors (Lipinski definition) is 5. The third-order valence-electron chi connectivity index (χ3n) is 3.59. The minimum Gasteiger partial charge on any atom is -0.293 e. The highest BCUT2D eigenvalue weighted by atomic mass is 32.1. The second kappa shape index (κ2) is 5.61. The lowest BCUT2D eigenvalue weighted by molar-refractivity contribution is 0.101. The number of halogens is 1. The number of imidazole rings is 1. The van der Waals surface area contributed by atoms with Crippen LogP contribution in [-0.2, 0) is 0 Å². The molecule has 0 amide bonds. The summed E-state index contributed by atoms with van der Waals surface area (Å²) in [4.78, 5) is 24.8. The fourth-order valence-electron chi connectivity index (χ4n) is 2.44. The summed E-state index contributed by atoms with van der Waals surface area (Å²) < 4.78 is 15.1. The number of hydrogen-bond donors (Lipinski definition) is 0. The Hall–Kier alpha value is -2.93. The SMILES string of the molecule is CC(=O)c1csc(-c2c(-c3ccc(F)cc3)nc3ncccn23)n1. The van der Waals surface area contributed by atoms with E-state index >= 15 is 0 Å². The molecular weight excluding hydrogens is 327 g/mol. The fraction of sp³-hybridized carbons (Fsp3) is 0.0588. The predicted molar refractivity (Wildman–Crippen MR) is 89.5 cm³/mol. The highest BCUT2D eigenvalue weighted by Gasteiger charge is 2.20. The molecule has 5 nitrogen and oxygen atoms in total. The Morgan fingerprint density at radius 2 is 2.00 bits per heavy atom. The molecule has 0 aliphatic rings. The molecule has 0 fully saturated rings. The van der Waals surface area contributed by atoms with Crippen LogP contribution in [0.3, 0.4) is 0 Å². The lowest BCUT2D eigenvalue weighted by Gasteiger charge is -2.02. The molecule has 7 heteroatoms. The molecule has 0 unspecified atom stereocenters. The van der Waals surface area contributed by atoms with Gasteiger partial charge in [0.1, 0.15) is 27.9 Å². The minimum atomic E-state index is -0.310. The van der Waals surface area contributed by atoms with Crippen LogP contribution < -0.4 is 0 Å². The second-order valence-corrected chi connectivity index (χ2v) is 6.06. The maximum atomic E-state index is 13.2. The van der Waals surface area contributed by atoms with Crippen LogP contribution in [-0.4, -0.2) is 25.1 Å². The van der Waals surface area contributed by atoms with Gasteiger partial charge in [0.2, 0.25) is 5.78 Å². The number of aromatic nitrogens is 4. The van der Waals surface area contributed by atoms with Gasteiger partial charge in [-0.25, -0.2) is 19.3 Å². The summed E-state index contributed by atoms with van der Waals surface area (Å²) in [6.45, 7) is 1.48. The number of Topliss-reactive ketones (excluding diaryl/α,β-unsaturated/α-hetero) is 1. The number of ketones is 1. The predicted octanol–water partition coefficient (Wildman–Crippen LogP) is 3.86. The fourth-order valence-corrected chi connectivity index (χ4v) is 3.34. The first-order valence-corrected chi connectivity index (χ1v) is 8.07. The van der Waals surface area contributed by atoms with Crippen molar-refractivity contribution in [1.82, 2.24) is 19.4 Å². The molecule has 24 heavy (non-hydrogen) atoms. The Bertz CT molecular complexity index is 1050. The van der Waals surface area contributed by atoms with Crippen LogP contribution in [0.4, 0.5) is 4.39 Å². The van der Waals surface area contributed by atoms with Gasteiger partial charge in [-0.05, 0) is 30.3 Å². The van der Waals surface area contributed by atoms with Gasteiger partial charge in [-0.3, -0.25) is 9.20 Å². The molecule has 3 heterocycles. The van der Waals surface area contributed by atoms with Gasteiger partial charge in [0, 0.05) is 30.3 Å². The lowest BCUT2D eigenvalue weighted by atomic mass is 10.1. The zero-order chi connectivity index (χ0) is 16.7. The monoisotopic (exact) mass is 338 g/mol. The summed E-state index contributed by atoms with van der Waals surface area (Å²) in [5.74, 6) is 0.120. The van der Waals surface area contributed by atoms with Crippen molar-refractivity contribution < 1.29 is 9.18 Å². The van der Waals surface area contributed by atoms with E-state index in [9.17, 15) is 9.18 Å². The van der Waals surface area contributed by atoms with Crippen LogP contribution in [0.5, 0.6) is 0 Å². The van der Waals surface area contributed by atoms with E-state index in [1.165, 1.54) is 30.4 Å². The Balaban J connectivity index is 1.99. The molecule has 4 aromatic rings. The van der Waals surface area contributed by atoms with Crippen molar-refractivity contribution in [2.45, 2.75) is 6.92 Å². The van der Waals surface area contributed by atoms with Crippen LogP contribution in [0.2, 0.25) is 0 Å². The smallest absolute Gasteiger partial charge is 0.234 e. The van der Waals surface area contributed by atoms with Crippen molar-refractivity contribution in [1.29, 1.82) is 0 Å². The summed E-state index contributed by atoms with van der Waals surface area (Å²) in [6, 6.07) is 7.91. The molecule has 0 aliphatic heterocycles. The van der Waals surface area contributed by atoms with E-state index in [0.29, 0.717) is 22.2 Å². The number of carbonyl (C=O) groups is 1. The molecule has 0 aliphatic carbocycles. The van der Waals surface area contributed by atoms with Crippen LogP contribution >= 0.6 is 11.3 Å². The Morgan fingerprint density at radius 1 is 1.21 bits per heavy atom. The zero-order valence-electron chi connectivity index (χ0n) is 12.6. The van der Waals surface area contributed by atoms with Crippen LogP contribution in [0.1, 0.15) is 17.4 Å². The van der Waals surface area contributed by atoms with Gasteiger partial charge in [-0.2, -0.15) is 0 Å². The van der Waals surface area contributed by atoms with E-state index in [-0.39, 0.29) is 11.6 Å². The average molecular weight is 338 g/mol. The number of nitrogens with zero attached hydrogens (tertiary/aromatic N) is 4. The maximum absolute atomic E-state index is 13.2. The highest BCUT2D eigenvalue weighted by Crippen LogP contribution is 2.34. The number of rotatable bonds is 3. The topological polar surface area (TPSA) is 60.2 Å². The molecular formula is C17H11FN4OS. The molecule has 118 valence electrons. The average Bonchev–Trinajstić information content (AvgIpc) is 3.19. The third-order valence-corrected chi connectivity index (χ3v) is 4.44. The van der Waals surface area contributed by atoms with Gasteiger partial charge in [0.05, 0.1) is 0 Å². The summed E-state index contributed by atoms with van der Waals surface area (Å²) in [6.07, 6.45) is 3.50. The molecule has 3 aromatic heterocycles. The van der Waals surface area contributed by atoms with Crippen molar-refractivity contribution in [3.63, 3.8) is 0 Å². The summed E-state index contributed by atoms with van der Waals surface area (Å²) in [5.41, 5.74) is 2.57. The van der Waals surface area contributed by atoms with Crippen molar-refractivity contribution in [3.8, 4) is 22.0 Å². The van der Waals surface area contributed by atoms with Crippen LogP contribution in [0.25, 0.3) is 27.7 Å². The van der Waals surface area contributed by atoms with E-state index < -0.39 is 0 Å². The Morgan fingerprint density at radius 3 is 2.71 bits per heavy atom. The van der Waals surface area contributed by atoms with E-state index in [2.05, 4.69) is 15.0 Å². The summed E-state index contributed by atoms with van der Waals surface area (Å²) in [5, 5.41) is 2.39. The van der Waals surface area contributed by atoms with E-state index in [1.54, 1.807) is 29.8 Å². The van der Waals surface area contributed by atoms with Crippen molar-refractivity contribution in [2.24, 2.45) is 0 Å². The van der Waals surface area contributed by atoms with E-state index in [4.69, 9.17) is 0 Å². The molecule has 0 radical (unpaired) electrons. The number of carbonyl (C=O) groups excluding carboxylic acids is 1. The first-order chi connectivity index (χ1) is 11.6. The number of benzene rings is 1. The molecule has 0 N–H and O–H groups in total. The highest BCUT2D eigenvalue weighted by molar-refractivity contribution is 7.13. The van der Waals surface area contributed by atoms with Crippen molar-refractivity contribution in [2.75, 3.05) is 0 Å². The molecule has 0 bridgehead atoms. The Kier molecular flexibility index (Phi) is 3.42. The maximum Gasteiger partial charge on any atom is 0.234 e. The first-order valence-electron chi connectivity index (χ1n) is 7.19. The minimum absolute atomic E-state index is 0.0900. The molecule has 0 atom stereocenters. The zero-order valence-corrected chi connectivity index (χ0v) is 13.4. The quantitative estimate of drug-likeness (QED) is 0.532. The van der Waals surface area contributed by atoms with Crippen LogP contribution in [0, 0.1) is 5.82 Å². The summed E-state index contributed by atoms with van der Waals surface area (Å²) >= 11 is 1.37.